The van der Waals surface area contributed by atoms with Crippen LogP contribution in [-0.4, -0.2) is 13.1 Å². The summed E-state index contributed by atoms with van der Waals surface area (Å²) in [5, 5.41) is 2.18. The quantitative estimate of drug-likeness (QED) is 0.752. The van der Waals surface area contributed by atoms with Gasteiger partial charge in [0.2, 0.25) is 0 Å². The number of carbonyl (C=O) groups excluding carboxylic acids is 1. The van der Waals surface area contributed by atoms with Crippen LogP contribution in [0.15, 0.2) is 42.5 Å². The van der Waals surface area contributed by atoms with Crippen molar-refractivity contribution >= 4 is 22.8 Å². The number of benzene rings is 2. The molecular weight excluding hydrogens is 248 g/mol. The molecule has 2 heteroatoms. The molecule has 2 nitrogen and oxygen atoms in total. The number of ether oxygens (including phenoxy) is 1. The summed E-state index contributed by atoms with van der Waals surface area (Å²) in [5.74, 6) is 0.377. The van der Waals surface area contributed by atoms with Crippen LogP contribution in [0.4, 0.5) is 0 Å². The van der Waals surface area contributed by atoms with Crippen molar-refractivity contribution in [3.63, 3.8) is 0 Å². The Morgan fingerprint density at radius 3 is 2.55 bits per heavy atom. The van der Waals surface area contributed by atoms with Gasteiger partial charge in [-0.05, 0) is 46.9 Å². The second-order valence-electron chi connectivity index (χ2n) is 5.34. The Labute approximate surface area is 120 Å². The summed E-state index contributed by atoms with van der Waals surface area (Å²) in [4.78, 5) is 11.5. The Hall–Kier alpha value is -2.09. The van der Waals surface area contributed by atoms with Crippen molar-refractivity contribution in [2.45, 2.75) is 20.3 Å². The highest BCUT2D eigenvalue weighted by molar-refractivity contribution is 5.95. The molecule has 0 saturated heterocycles. The van der Waals surface area contributed by atoms with E-state index in [0.717, 1.165) is 17.2 Å². The first-order chi connectivity index (χ1) is 9.60. The fraction of sp³-hybridized carbons (Fsp3) is 0.278. The smallest absolute Gasteiger partial charge is 0.337 e. The highest BCUT2D eigenvalue weighted by atomic mass is 16.5. The van der Waals surface area contributed by atoms with Crippen molar-refractivity contribution in [2.75, 3.05) is 7.11 Å². The van der Waals surface area contributed by atoms with E-state index < -0.39 is 0 Å². The first-order valence-electron chi connectivity index (χ1n) is 6.89. The summed E-state index contributed by atoms with van der Waals surface area (Å²) in [6.45, 7) is 4.41. The van der Waals surface area contributed by atoms with Crippen LogP contribution >= 0.6 is 0 Å². The highest BCUT2D eigenvalue weighted by Gasteiger charge is 2.05. The van der Waals surface area contributed by atoms with Crippen LogP contribution in [0.2, 0.25) is 0 Å². The largest absolute Gasteiger partial charge is 0.465 e. The summed E-state index contributed by atoms with van der Waals surface area (Å²) in [5.41, 5.74) is 1.77. The average Bonchev–Trinajstić information content (AvgIpc) is 2.45. The maximum atomic E-state index is 11.5. The Bertz CT molecular complexity index is 639. The number of fused-ring (bicyclic) bond motifs is 1. The monoisotopic (exact) mass is 268 g/mol. The number of hydrogen-bond acceptors (Lipinski definition) is 2. The van der Waals surface area contributed by atoms with E-state index in [1.807, 2.05) is 18.2 Å². The molecule has 104 valence electrons. The van der Waals surface area contributed by atoms with Gasteiger partial charge in [0.25, 0.3) is 0 Å². The lowest BCUT2D eigenvalue weighted by Crippen LogP contribution is -2.00. The summed E-state index contributed by atoms with van der Waals surface area (Å²) in [7, 11) is 1.40. The van der Waals surface area contributed by atoms with E-state index in [1.165, 1.54) is 12.7 Å². The molecule has 20 heavy (non-hydrogen) atoms. The zero-order valence-electron chi connectivity index (χ0n) is 12.2. The van der Waals surface area contributed by atoms with Gasteiger partial charge in [0, 0.05) is 0 Å². The standard InChI is InChI=1S/C18H20O2/c1-13(2)5-4-6-14-7-8-16-12-17(18(19)20-3)10-9-15(16)11-14/h4,6-13H,5H2,1-3H3. The predicted molar refractivity (Wildman–Crippen MR) is 83.8 cm³/mol. The van der Waals surface area contributed by atoms with Gasteiger partial charge in [0.1, 0.15) is 0 Å². The zero-order valence-corrected chi connectivity index (χ0v) is 12.2. The second-order valence-corrected chi connectivity index (χ2v) is 5.34. The van der Waals surface area contributed by atoms with Gasteiger partial charge in [0.15, 0.2) is 0 Å². The highest BCUT2D eigenvalue weighted by Crippen LogP contribution is 2.19. The first-order valence-corrected chi connectivity index (χ1v) is 6.89. The van der Waals surface area contributed by atoms with Crippen LogP contribution in [0.3, 0.4) is 0 Å². The third-order valence-corrected chi connectivity index (χ3v) is 3.20. The minimum atomic E-state index is -0.298. The molecule has 0 bridgehead atoms. The topological polar surface area (TPSA) is 26.3 Å². The normalized spacial score (nSPS) is 11.4. The van der Waals surface area contributed by atoms with E-state index in [-0.39, 0.29) is 5.97 Å². The average molecular weight is 268 g/mol. The van der Waals surface area contributed by atoms with Crippen molar-refractivity contribution in [2.24, 2.45) is 5.92 Å². The van der Waals surface area contributed by atoms with Gasteiger partial charge in [0.05, 0.1) is 12.7 Å². The Balaban J connectivity index is 2.27. The van der Waals surface area contributed by atoms with E-state index in [1.54, 1.807) is 6.07 Å². The molecule has 0 saturated carbocycles. The van der Waals surface area contributed by atoms with Gasteiger partial charge in [-0.2, -0.15) is 0 Å². The first kappa shape index (κ1) is 14.3. The van der Waals surface area contributed by atoms with Crippen molar-refractivity contribution < 1.29 is 9.53 Å². The molecule has 0 fully saturated rings. The Morgan fingerprint density at radius 1 is 1.15 bits per heavy atom. The number of hydrogen-bond donors (Lipinski definition) is 0. The van der Waals surface area contributed by atoms with Crippen molar-refractivity contribution in [1.82, 2.24) is 0 Å². The second kappa shape index (κ2) is 6.38. The third kappa shape index (κ3) is 3.47. The molecule has 0 aliphatic rings. The molecular formula is C18H20O2. The van der Waals surface area contributed by atoms with Crippen molar-refractivity contribution in [1.29, 1.82) is 0 Å². The van der Waals surface area contributed by atoms with E-state index in [0.29, 0.717) is 11.5 Å². The van der Waals surface area contributed by atoms with Crippen LogP contribution in [0, 0.1) is 5.92 Å². The van der Waals surface area contributed by atoms with Crippen LogP contribution in [-0.2, 0) is 4.74 Å². The molecule has 2 aromatic carbocycles. The molecule has 0 atom stereocenters. The molecule has 0 aromatic heterocycles. The number of rotatable bonds is 4. The van der Waals surface area contributed by atoms with Crippen LogP contribution in [0.1, 0.15) is 36.2 Å². The molecule has 0 aliphatic carbocycles. The molecule has 2 rings (SSSR count). The predicted octanol–water partition coefficient (Wildman–Crippen LogP) is 4.69. The fourth-order valence-electron chi connectivity index (χ4n) is 2.09. The van der Waals surface area contributed by atoms with Gasteiger partial charge in [-0.25, -0.2) is 4.79 Å². The number of allylic oxidation sites excluding steroid dienone is 1. The van der Waals surface area contributed by atoms with E-state index >= 15 is 0 Å². The summed E-state index contributed by atoms with van der Waals surface area (Å²) >= 11 is 0. The number of carbonyl (C=O) groups is 1. The van der Waals surface area contributed by atoms with Crippen LogP contribution in [0.5, 0.6) is 0 Å². The molecule has 0 radical (unpaired) electrons. The SMILES string of the molecule is COC(=O)c1ccc2cc(C=CCC(C)C)ccc2c1. The van der Waals surface area contributed by atoms with Gasteiger partial charge in [-0.3, -0.25) is 0 Å². The molecule has 0 unspecified atom stereocenters. The zero-order chi connectivity index (χ0) is 14.5. The molecule has 0 N–H and O–H groups in total. The molecule has 0 spiro atoms. The fourth-order valence-corrected chi connectivity index (χ4v) is 2.09. The van der Waals surface area contributed by atoms with E-state index in [2.05, 4.69) is 38.1 Å². The number of esters is 1. The Kier molecular flexibility index (Phi) is 4.57. The maximum absolute atomic E-state index is 11.5. The lowest BCUT2D eigenvalue weighted by molar-refractivity contribution is 0.0601. The minimum absolute atomic E-state index is 0.298. The molecule has 0 aliphatic heterocycles. The molecule has 2 aromatic rings. The maximum Gasteiger partial charge on any atom is 0.337 e. The molecule has 0 amide bonds. The van der Waals surface area contributed by atoms with E-state index in [9.17, 15) is 4.79 Å². The summed E-state index contributed by atoms with van der Waals surface area (Å²) in [6, 6.07) is 11.9. The van der Waals surface area contributed by atoms with Gasteiger partial charge >= 0.3 is 5.97 Å². The van der Waals surface area contributed by atoms with Gasteiger partial charge in [-0.1, -0.05) is 44.2 Å². The third-order valence-electron chi connectivity index (χ3n) is 3.20. The van der Waals surface area contributed by atoms with Crippen molar-refractivity contribution in [3.8, 4) is 0 Å². The Morgan fingerprint density at radius 2 is 1.85 bits per heavy atom. The minimum Gasteiger partial charge on any atom is -0.465 e. The summed E-state index contributed by atoms with van der Waals surface area (Å²) < 4.78 is 4.73. The van der Waals surface area contributed by atoms with Gasteiger partial charge < -0.3 is 4.74 Å². The van der Waals surface area contributed by atoms with Crippen LogP contribution < -0.4 is 0 Å². The lowest BCUT2D eigenvalue weighted by Gasteiger charge is -2.03. The van der Waals surface area contributed by atoms with Crippen molar-refractivity contribution in [3.05, 3.63) is 53.6 Å². The summed E-state index contributed by atoms with van der Waals surface area (Å²) in [6.07, 6.45) is 5.43. The number of methoxy groups -OCH3 is 1. The van der Waals surface area contributed by atoms with Gasteiger partial charge in [-0.15, -0.1) is 0 Å². The molecule has 0 heterocycles. The van der Waals surface area contributed by atoms with E-state index in [4.69, 9.17) is 4.74 Å². The van der Waals surface area contributed by atoms with Crippen LogP contribution in [0.25, 0.3) is 16.8 Å². The lowest BCUT2D eigenvalue weighted by atomic mass is 10.0.